The van der Waals surface area contributed by atoms with Crippen LogP contribution in [-0.4, -0.2) is 20.9 Å². The second-order valence-electron chi connectivity index (χ2n) is 7.84. The van der Waals surface area contributed by atoms with Gasteiger partial charge in [0, 0.05) is 11.1 Å². The number of hydrogen-bond donors (Lipinski definition) is 2. The summed E-state index contributed by atoms with van der Waals surface area (Å²) < 4.78 is 1.09. The van der Waals surface area contributed by atoms with Gasteiger partial charge in [0.05, 0.1) is 11.3 Å². The van der Waals surface area contributed by atoms with Crippen molar-refractivity contribution >= 4 is 22.6 Å². The van der Waals surface area contributed by atoms with Gasteiger partial charge in [-0.1, -0.05) is 17.7 Å². The first-order valence-corrected chi connectivity index (χ1v) is 10.9. The van der Waals surface area contributed by atoms with Crippen molar-refractivity contribution in [1.82, 2.24) is 9.55 Å². The third kappa shape index (κ3) is 3.62. The molecule has 0 aliphatic heterocycles. The quantitative estimate of drug-likeness (QED) is 0.612. The Labute approximate surface area is 183 Å². The van der Waals surface area contributed by atoms with Crippen LogP contribution in [0.5, 0.6) is 5.88 Å². The number of aryl methyl sites for hydroxylation is 4. The van der Waals surface area contributed by atoms with Crippen LogP contribution in [0.4, 0.5) is 5.00 Å². The normalized spacial score (nSPS) is 13.4. The van der Waals surface area contributed by atoms with Gasteiger partial charge < -0.3 is 5.11 Å². The molecule has 2 heterocycles. The smallest absolute Gasteiger partial charge is 0.335 e. The summed E-state index contributed by atoms with van der Waals surface area (Å²) in [6, 6.07) is 6.04. The second kappa shape index (κ2) is 8.00. The van der Waals surface area contributed by atoms with E-state index in [9.17, 15) is 20.0 Å². The molecule has 0 bridgehead atoms. The van der Waals surface area contributed by atoms with E-state index in [1.807, 2.05) is 32.9 Å². The average molecular weight is 435 g/mol. The number of aromatic nitrogens is 2. The Morgan fingerprint density at radius 3 is 2.55 bits per heavy atom. The van der Waals surface area contributed by atoms with Gasteiger partial charge in [0.25, 0.3) is 5.56 Å². The van der Waals surface area contributed by atoms with Crippen molar-refractivity contribution in [2.24, 2.45) is 4.99 Å². The van der Waals surface area contributed by atoms with Crippen molar-refractivity contribution in [3.8, 4) is 17.6 Å². The Morgan fingerprint density at radius 2 is 1.87 bits per heavy atom. The van der Waals surface area contributed by atoms with Crippen LogP contribution in [0.1, 0.15) is 51.1 Å². The molecule has 0 saturated carbocycles. The van der Waals surface area contributed by atoms with Crippen molar-refractivity contribution in [2.75, 3.05) is 0 Å². The summed E-state index contributed by atoms with van der Waals surface area (Å²) in [6.45, 7) is 5.63. The Kier molecular flexibility index (Phi) is 5.38. The lowest BCUT2D eigenvalue weighted by molar-refractivity contribution is 0.429. The lowest BCUT2D eigenvalue weighted by Gasteiger charge is -2.15. The predicted octanol–water partition coefficient (Wildman–Crippen LogP) is 3.72. The molecule has 0 amide bonds. The van der Waals surface area contributed by atoms with Gasteiger partial charge in [0.2, 0.25) is 5.88 Å². The highest BCUT2D eigenvalue weighted by atomic mass is 32.1. The first kappa shape index (κ1) is 20.8. The van der Waals surface area contributed by atoms with Crippen LogP contribution in [-0.2, 0) is 12.8 Å². The number of benzene rings is 1. The number of aromatic hydroxyl groups is 1. The first-order chi connectivity index (χ1) is 14.8. The number of fused-ring (bicyclic) bond motifs is 1. The summed E-state index contributed by atoms with van der Waals surface area (Å²) in [6.07, 6.45) is 5.14. The van der Waals surface area contributed by atoms with E-state index in [1.54, 1.807) is 0 Å². The van der Waals surface area contributed by atoms with Crippen molar-refractivity contribution in [2.45, 2.75) is 46.5 Å². The van der Waals surface area contributed by atoms with Crippen LogP contribution < -0.4 is 11.2 Å². The molecular weight excluding hydrogens is 412 g/mol. The van der Waals surface area contributed by atoms with Gasteiger partial charge in [-0.15, -0.1) is 11.3 Å². The fourth-order valence-corrected chi connectivity index (χ4v) is 5.45. The lowest BCUT2D eigenvalue weighted by Crippen LogP contribution is -2.32. The van der Waals surface area contributed by atoms with Crippen LogP contribution in [0.15, 0.2) is 26.7 Å². The molecule has 2 aromatic heterocycles. The molecule has 0 atom stereocenters. The molecule has 1 aromatic carbocycles. The number of nitriles is 1. The van der Waals surface area contributed by atoms with E-state index >= 15 is 0 Å². The van der Waals surface area contributed by atoms with Crippen molar-refractivity contribution in [3.63, 3.8) is 0 Å². The maximum absolute atomic E-state index is 12.6. The van der Waals surface area contributed by atoms with Gasteiger partial charge in [-0.2, -0.15) is 5.26 Å². The third-order valence-electron chi connectivity index (χ3n) is 5.56. The molecule has 158 valence electrons. The zero-order chi connectivity index (χ0) is 22.3. The molecule has 0 spiro atoms. The Balaban J connectivity index is 1.86. The molecule has 2 N–H and O–H groups in total. The van der Waals surface area contributed by atoms with Crippen LogP contribution >= 0.6 is 11.3 Å². The van der Waals surface area contributed by atoms with Crippen LogP contribution in [0.3, 0.4) is 0 Å². The predicted molar refractivity (Wildman–Crippen MR) is 121 cm³/mol. The highest BCUT2D eigenvalue weighted by Crippen LogP contribution is 2.39. The van der Waals surface area contributed by atoms with E-state index in [4.69, 9.17) is 0 Å². The monoisotopic (exact) mass is 434 g/mol. The third-order valence-corrected chi connectivity index (χ3v) is 6.76. The van der Waals surface area contributed by atoms with Crippen LogP contribution in [0.2, 0.25) is 0 Å². The average Bonchev–Trinajstić information content (AvgIpc) is 3.06. The van der Waals surface area contributed by atoms with E-state index in [-0.39, 0.29) is 5.56 Å². The maximum Gasteiger partial charge on any atom is 0.335 e. The van der Waals surface area contributed by atoms with E-state index in [2.05, 4.69) is 16.0 Å². The molecule has 1 aliphatic carbocycles. The van der Waals surface area contributed by atoms with E-state index in [1.165, 1.54) is 17.6 Å². The van der Waals surface area contributed by atoms with Crippen molar-refractivity contribution in [1.29, 1.82) is 5.26 Å². The summed E-state index contributed by atoms with van der Waals surface area (Å²) in [5.41, 5.74) is 3.12. The SMILES string of the molecule is Cc1cc(C)c(-n2c(O)c(C=Nc3sc4c(c3C#N)CCCC4)c(=O)[nH]c2=O)c(C)c1. The first-order valence-electron chi connectivity index (χ1n) is 10.1. The fraction of sp³-hybridized carbons (Fsp3) is 0.304. The molecule has 7 nitrogen and oxygen atoms in total. The Morgan fingerprint density at radius 1 is 1.19 bits per heavy atom. The summed E-state index contributed by atoms with van der Waals surface area (Å²) in [7, 11) is 0. The van der Waals surface area contributed by atoms with E-state index in [0.717, 1.165) is 57.4 Å². The molecule has 0 radical (unpaired) electrons. The van der Waals surface area contributed by atoms with Crippen LogP contribution in [0.25, 0.3) is 5.69 Å². The Hall–Kier alpha value is -3.44. The molecule has 3 aromatic rings. The summed E-state index contributed by atoms with van der Waals surface area (Å²) in [5, 5.41) is 21.0. The molecule has 4 rings (SSSR count). The van der Waals surface area contributed by atoms with Crippen molar-refractivity contribution < 1.29 is 5.11 Å². The van der Waals surface area contributed by atoms with Crippen LogP contribution in [0, 0.1) is 32.1 Å². The molecule has 8 heteroatoms. The molecular formula is C23H22N4O3S. The summed E-state index contributed by atoms with van der Waals surface area (Å²) in [4.78, 5) is 32.8. The van der Waals surface area contributed by atoms with Gasteiger partial charge >= 0.3 is 5.69 Å². The number of nitrogens with zero attached hydrogens (tertiary/aromatic N) is 3. The maximum atomic E-state index is 12.6. The highest BCUT2D eigenvalue weighted by molar-refractivity contribution is 7.16. The number of H-pyrrole nitrogens is 1. The number of hydrogen-bond acceptors (Lipinski definition) is 6. The minimum Gasteiger partial charge on any atom is -0.493 e. The zero-order valence-electron chi connectivity index (χ0n) is 17.6. The van der Waals surface area contributed by atoms with Gasteiger partial charge in [0.1, 0.15) is 16.6 Å². The number of rotatable bonds is 3. The molecule has 1 aliphatic rings. The zero-order valence-corrected chi connectivity index (χ0v) is 18.4. The molecule has 0 unspecified atom stereocenters. The van der Waals surface area contributed by atoms with E-state index in [0.29, 0.717) is 16.3 Å². The topological polar surface area (TPSA) is 111 Å². The van der Waals surface area contributed by atoms with E-state index < -0.39 is 17.1 Å². The van der Waals surface area contributed by atoms with Gasteiger partial charge in [0.15, 0.2) is 0 Å². The largest absolute Gasteiger partial charge is 0.493 e. The van der Waals surface area contributed by atoms with Crippen molar-refractivity contribution in [3.05, 3.63) is 71.2 Å². The summed E-state index contributed by atoms with van der Waals surface area (Å²) in [5.74, 6) is -0.479. The highest BCUT2D eigenvalue weighted by Gasteiger charge is 2.21. The van der Waals surface area contributed by atoms with Gasteiger partial charge in [-0.05, 0) is 63.1 Å². The molecule has 0 saturated heterocycles. The number of thiophene rings is 1. The Bertz CT molecular complexity index is 1360. The lowest BCUT2D eigenvalue weighted by atomic mass is 9.96. The molecule has 0 fully saturated rings. The van der Waals surface area contributed by atoms with Gasteiger partial charge in [-0.25, -0.2) is 14.4 Å². The minimum absolute atomic E-state index is 0.130. The minimum atomic E-state index is -0.732. The standard InChI is InChI=1S/C23H22N4O3S/c1-12-8-13(2)19(14(3)9-12)27-22(29)17(20(28)26-23(27)30)11-25-21-16(10-24)15-6-4-5-7-18(15)31-21/h8-9,11,29H,4-7H2,1-3H3,(H,26,28,30). The number of nitrogens with one attached hydrogen (secondary N) is 1. The molecule has 31 heavy (non-hydrogen) atoms. The number of aliphatic imine (C=N–C) groups is 1. The fourth-order valence-electron chi connectivity index (χ4n) is 4.27. The summed E-state index contributed by atoms with van der Waals surface area (Å²) >= 11 is 1.44. The second-order valence-corrected chi connectivity index (χ2v) is 8.92. The van der Waals surface area contributed by atoms with Gasteiger partial charge in [-0.3, -0.25) is 9.78 Å². The number of aromatic amines is 1.